The van der Waals surface area contributed by atoms with E-state index in [2.05, 4.69) is 18.9 Å². The summed E-state index contributed by atoms with van der Waals surface area (Å²) in [5, 5.41) is 14.5. The van der Waals surface area contributed by atoms with Crippen molar-refractivity contribution in [1.82, 2.24) is 9.78 Å². The maximum absolute atomic E-state index is 10.1. The molecule has 3 nitrogen and oxygen atoms in total. The predicted molar refractivity (Wildman–Crippen MR) is 50.3 cm³/mol. The highest BCUT2D eigenvalue weighted by atomic mass is 16.3. The second kappa shape index (κ2) is 2.58. The molecule has 1 fully saturated rings. The number of hydrogen-bond acceptors (Lipinski definition) is 2. The van der Waals surface area contributed by atoms with Crippen LogP contribution in [0.5, 0.6) is 0 Å². The van der Waals surface area contributed by atoms with E-state index in [4.69, 9.17) is 0 Å². The number of hydrogen-bond donors (Lipinski definition) is 1. The topological polar surface area (TPSA) is 38.0 Å². The first-order chi connectivity index (χ1) is 6.08. The Labute approximate surface area is 78.4 Å². The van der Waals surface area contributed by atoms with Crippen molar-refractivity contribution >= 4 is 0 Å². The summed E-state index contributed by atoms with van der Waals surface area (Å²) in [7, 11) is 1.90. The Balaban J connectivity index is 2.39. The summed E-state index contributed by atoms with van der Waals surface area (Å²) in [6, 6.07) is 0. The summed E-state index contributed by atoms with van der Waals surface area (Å²) in [5.41, 5.74) is 1.50. The third kappa shape index (κ3) is 1.18. The lowest BCUT2D eigenvalue weighted by Gasteiger charge is -2.07. The van der Waals surface area contributed by atoms with Crippen LogP contribution in [0, 0.1) is 5.92 Å². The molecule has 72 valence electrons. The zero-order chi connectivity index (χ0) is 9.64. The minimum atomic E-state index is -0.570. The van der Waals surface area contributed by atoms with E-state index in [9.17, 15) is 5.11 Å². The first-order valence-electron chi connectivity index (χ1n) is 4.83. The number of aryl methyl sites for hydroxylation is 2. The summed E-state index contributed by atoms with van der Waals surface area (Å²) in [6.45, 7) is 4.15. The van der Waals surface area contributed by atoms with Gasteiger partial charge in [0.2, 0.25) is 0 Å². The number of nitrogens with zero attached hydrogens (tertiary/aromatic N) is 2. The van der Waals surface area contributed by atoms with Crippen LogP contribution in [0.15, 0.2) is 6.20 Å². The van der Waals surface area contributed by atoms with Gasteiger partial charge in [0.25, 0.3) is 0 Å². The molecule has 3 heteroatoms. The van der Waals surface area contributed by atoms with E-state index in [1.54, 1.807) is 4.68 Å². The van der Waals surface area contributed by atoms with Crippen LogP contribution in [-0.4, -0.2) is 14.9 Å². The van der Waals surface area contributed by atoms with Crippen LogP contribution in [-0.2, 0) is 19.1 Å². The fourth-order valence-electron chi connectivity index (χ4n) is 1.94. The van der Waals surface area contributed by atoms with Crippen LogP contribution in [0.4, 0.5) is 0 Å². The average Bonchev–Trinajstić information content (AvgIpc) is 2.55. The Morgan fingerprint density at radius 1 is 1.77 bits per heavy atom. The van der Waals surface area contributed by atoms with E-state index in [1.165, 1.54) is 0 Å². The maximum Gasteiger partial charge on any atom is 0.0959 e. The van der Waals surface area contributed by atoms with Gasteiger partial charge in [-0.15, -0.1) is 0 Å². The standard InChI is InChI=1S/C10H16N2O/c1-4-9-8(6-12(3)11-9)10(13)5-7(10)2/h6-7,13H,4-5H2,1-3H3. The van der Waals surface area contributed by atoms with E-state index in [0.717, 1.165) is 24.1 Å². The van der Waals surface area contributed by atoms with Crippen LogP contribution in [0.2, 0.25) is 0 Å². The quantitative estimate of drug-likeness (QED) is 0.743. The summed E-state index contributed by atoms with van der Waals surface area (Å²) in [5.74, 6) is 0.391. The molecule has 0 aliphatic heterocycles. The van der Waals surface area contributed by atoms with Crippen LogP contribution in [0.3, 0.4) is 0 Å². The molecule has 0 amide bonds. The minimum absolute atomic E-state index is 0.391. The molecule has 0 bridgehead atoms. The fourth-order valence-corrected chi connectivity index (χ4v) is 1.94. The first kappa shape index (κ1) is 8.75. The Hall–Kier alpha value is -0.830. The molecular weight excluding hydrogens is 164 g/mol. The van der Waals surface area contributed by atoms with Gasteiger partial charge in [-0.2, -0.15) is 5.10 Å². The predicted octanol–water partition coefficient (Wildman–Crippen LogP) is 1.21. The van der Waals surface area contributed by atoms with Gasteiger partial charge in [-0.25, -0.2) is 0 Å². The summed E-state index contributed by atoms with van der Waals surface area (Å²) >= 11 is 0. The van der Waals surface area contributed by atoms with Gasteiger partial charge in [-0.3, -0.25) is 4.68 Å². The summed E-state index contributed by atoms with van der Waals surface area (Å²) < 4.78 is 1.79. The van der Waals surface area contributed by atoms with Gasteiger partial charge >= 0.3 is 0 Å². The summed E-state index contributed by atoms with van der Waals surface area (Å²) in [4.78, 5) is 0. The molecule has 0 spiro atoms. The Kier molecular flexibility index (Phi) is 1.74. The number of aromatic nitrogens is 2. The molecule has 1 saturated carbocycles. The largest absolute Gasteiger partial charge is 0.385 e. The molecule has 1 aromatic rings. The second-order valence-electron chi connectivity index (χ2n) is 4.05. The van der Waals surface area contributed by atoms with Crippen LogP contribution in [0.25, 0.3) is 0 Å². The van der Waals surface area contributed by atoms with Gasteiger partial charge in [-0.05, 0) is 18.8 Å². The van der Waals surface area contributed by atoms with E-state index >= 15 is 0 Å². The van der Waals surface area contributed by atoms with Crippen molar-refractivity contribution in [2.75, 3.05) is 0 Å². The summed E-state index contributed by atoms with van der Waals surface area (Å²) in [6.07, 6.45) is 3.72. The van der Waals surface area contributed by atoms with Crippen molar-refractivity contribution in [1.29, 1.82) is 0 Å². The van der Waals surface area contributed by atoms with Gasteiger partial charge in [-0.1, -0.05) is 13.8 Å². The molecule has 1 N–H and O–H groups in total. The molecule has 1 aliphatic rings. The molecule has 1 heterocycles. The van der Waals surface area contributed by atoms with Gasteiger partial charge in [0, 0.05) is 18.8 Å². The number of rotatable bonds is 2. The number of aliphatic hydroxyl groups is 1. The molecule has 2 rings (SSSR count). The zero-order valence-electron chi connectivity index (χ0n) is 8.41. The third-order valence-electron chi connectivity index (χ3n) is 2.98. The van der Waals surface area contributed by atoms with Gasteiger partial charge in [0.15, 0.2) is 0 Å². The van der Waals surface area contributed by atoms with Crippen LogP contribution in [0.1, 0.15) is 31.5 Å². The lowest BCUT2D eigenvalue weighted by Crippen LogP contribution is -2.09. The van der Waals surface area contributed by atoms with Gasteiger partial charge < -0.3 is 5.11 Å². The monoisotopic (exact) mass is 180 g/mol. The second-order valence-corrected chi connectivity index (χ2v) is 4.05. The molecule has 13 heavy (non-hydrogen) atoms. The van der Waals surface area contributed by atoms with Gasteiger partial charge in [0.05, 0.1) is 11.3 Å². The molecule has 2 unspecified atom stereocenters. The maximum atomic E-state index is 10.1. The molecular formula is C10H16N2O. The van der Waals surface area contributed by atoms with Crippen molar-refractivity contribution in [3.63, 3.8) is 0 Å². The third-order valence-corrected chi connectivity index (χ3v) is 2.98. The highest BCUT2D eigenvalue weighted by Gasteiger charge is 2.52. The van der Waals surface area contributed by atoms with E-state index in [-0.39, 0.29) is 0 Å². The lowest BCUT2D eigenvalue weighted by molar-refractivity contribution is 0.133. The van der Waals surface area contributed by atoms with E-state index in [0.29, 0.717) is 5.92 Å². The highest BCUT2D eigenvalue weighted by molar-refractivity contribution is 5.31. The SMILES string of the molecule is CCc1nn(C)cc1C1(O)CC1C. The lowest BCUT2D eigenvalue weighted by atomic mass is 10.1. The van der Waals surface area contributed by atoms with E-state index in [1.807, 2.05) is 13.2 Å². The Bertz CT molecular complexity index is 332. The average molecular weight is 180 g/mol. The van der Waals surface area contributed by atoms with Crippen LogP contribution >= 0.6 is 0 Å². The molecule has 0 aromatic carbocycles. The first-order valence-corrected chi connectivity index (χ1v) is 4.83. The van der Waals surface area contributed by atoms with Gasteiger partial charge in [0.1, 0.15) is 0 Å². The van der Waals surface area contributed by atoms with Crippen molar-refractivity contribution in [2.45, 2.75) is 32.3 Å². The highest BCUT2D eigenvalue weighted by Crippen LogP contribution is 2.52. The van der Waals surface area contributed by atoms with Crippen molar-refractivity contribution in [3.8, 4) is 0 Å². The van der Waals surface area contributed by atoms with Crippen molar-refractivity contribution in [3.05, 3.63) is 17.5 Å². The fraction of sp³-hybridized carbons (Fsp3) is 0.700. The van der Waals surface area contributed by atoms with Crippen molar-refractivity contribution in [2.24, 2.45) is 13.0 Å². The van der Waals surface area contributed by atoms with Crippen LogP contribution < -0.4 is 0 Å². The zero-order valence-corrected chi connectivity index (χ0v) is 8.41. The Morgan fingerprint density at radius 3 is 2.85 bits per heavy atom. The molecule has 0 saturated heterocycles. The molecule has 0 radical (unpaired) electrons. The molecule has 1 aromatic heterocycles. The molecule has 1 aliphatic carbocycles. The minimum Gasteiger partial charge on any atom is -0.385 e. The van der Waals surface area contributed by atoms with Crippen molar-refractivity contribution < 1.29 is 5.11 Å². The Morgan fingerprint density at radius 2 is 2.38 bits per heavy atom. The smallest absolute Gasteiger partial charge is 0.0959 e. The molecule has 2 atom stereocenters. The van der Waals surface area contributed by atoms with E-state index < -0.39 is 5.60 Å². The normalized spacial score (nSPS) is 32.2.